The summed E-state index contributed by atoms with van der Waals surface area (Å²) in [6, 6.07) is 8.09. The number of benzene rings is 1. The van der Waals surface area contributed by atoms with Crippen LogP contribution in [0.3, 0.4) is 0 Å². The first-order valence-corrected chi connectivity index (χ1v) is 6.15. The van der Waals surface area contributed by atoms with Crippen molar-refractivity contribution in [2.75, 3.05) is 19.0 Å². The minimum Gasteiger partial charge on any atom is -0.497 e. The lowest BCUT2D eigenvalue weighted by Gasteiger charge is -2.04. The summed E-state index contributed by atoms with van der Waals surface area (Å²) in [6.45, 7) is 2.50. The monoisotopic (exact) mass is 262 g/mol. The van der Waals surface area contributed by atoms with E-state index in [2.05, 4.69) is 15.5 Å². The molecule has 0 radical (unpaired) electrons. The Morgan fingerprint density at radius 3 is 2.95 bits per heavy atom. The van der Waals surface area contributed by atoms with Crippen molar-refractivity contribution in [3.8, 4) is 5.75 Å². The van der Waals surface area contributed by atoms with Gasteiger partial charge in [0.15, 0.2) is 0 Å². The van der Waals surface area contributed by atoms with E-state index in [0.717, 1.165) is 12.2 Å². The molecule has 1 aromatic carbocycles. The highest BCUT2D eigenvalue weighted by Crippen LogP contribution is 2.14. The third-order valence-corrected chi connectivity index (χ3v) is 2.65. The Hall–Kier alpha value is -2.08. The Morgan fingerprint density at radius 1 is 1.42 bits per heavy atom. The second-order valence-corrected chi connectivity index (χ2v) is 4.26. The number of ether oxygens (including phenoxy) is 1. The van der Waals surface area contributed by atoms with Gasteiger partial charge < -0.3 is 20.2 Å². The largest absolute Gasteiger partial charge is 0.497 e. The van der Waals surface area contributed by atoms with E-state index >= 15 is 0 Å². The number of nitrogens with one attached hydrogen (secondary N) is 1. The Kier molecular flexibility index (Phi) is 4.35. The molecule has 102 valence electrons. The molecule has 0 aliphatic carbocycles. The quantitative estimate of drug-likeness (QED) is 0.824. The van der Waals surface area contributed by atoms with E-state index in [9.17, 15) is 0 Å². The van der Waals surface area contributed by atoms with Crippen molar-refractivity contribution in [3.05, 3.63) is 35.7 Å². The SMILES string of the molecule is COc1cccc(CCNc2nnc(C(C)N)o2)c1. The first-order valence-electron chi connectivity index (χ1n) is 6.15. The lowest BCUT2D eigenvalue weighted by Crippen LogP contribution is -2.05. The van der Waals surface area contributed by atoms with Crippen LogP contribution in [0.4, 0.5) is 6.01 Å². The third kappa shape index (κ3) is 3.69. The molecule has 6 nitrogen and oxygen atoms in total. The molecule has 2 aromatic rings. The second-order valence-electron chi connectivity index (χ2n) is 4.26. The number of rotatable bonds is 6. The summed E-state index contributed by atoms with van der Waals surface area (Å²) in [5, 5.41) is 10.8. The summed E-state index contributed by atoms with van der Waals surface area (Å²) in [7, 11) is 1.66. The molecule has 0 saturated heterocycles. The fraction of sp³-hybridized carbons (Fsp3) is 0.385. The zero-order valence-electron chi connectivity index (χ0n) is 11.1. The zero-order valence-corrected chi connectivity index (χ0v) is 11.1. The predicted molar refractivity (Wildman–Crippen MR) is 72.1 cm³/mol. The molecular weight excluding hydrogens is 244 g/mol. The highest BCUT2D eigenvalue weighted by molar-refractivity contribution is 5.29. The summed E-state index contributed by atoms with van der Waals surface area (Å²) in [4.78, 5) is 0. The zero-order chi connectivity index (χ0) is 13.7. The van der Waals surface area contributed by atoms with E-state index in [4.69, 9.17) is 14.9 Å². The lowest BCUT2D eigenvalue weighted by atomic mass is 10.1. The normalized spacial score (nSPS) is 12.2. The number of hydrogen-bond acceptors (Lipinski definition) is 6. The molecule has 2 rings (SSSR count). The molecular formula is C13H18N4O2. The molecule has 3 N–H and O–H groups in total. The van der Waals surface area contributed by atoms with Crippen molar-refractivity contribution in [1.29, 1.82) is 0 Å². The van der Waals surface area contributed by atoms with Crippen molar-refractivity contribution in [2.24, 2.45) is 5.73 Å². The van der Waals surface area contributed by atoms with Crippen LogP contribution in [-0.4, -0.2) is 23.9 Å². The second kappa shape index (κ2) is 6.19. The van der Waals surface area contributed by atoms with Gasteiger partial charge in [-0.25, -0.2) is 0 Å². The van der Waals surface area contributed by atoms with Crippen molar-refractivity contribution in [1.82, 2.24) is 10.2 Å². The van der Waals surface area contributed by atoms with Crippen LogP contribution in [0.5, 0.6) is 5.75 Å². The Bertz CT molecular complexity index is 525. The van der Waals surface area contributed by atoms with Gasteiger partial charge in [0.2, 0.25) is 5.89 Å². The van der Waals surface area contributed by atoms with Crippen LogP contribution in [0.2, 0.25) is 0 Å². The Labute approximate surface area is 112 Å². The number of aromatic nitrogens is 2. The standard InChI is InChI=1S/C13H18N4O2/c1-9(14)12-16-17-13(19-12)15-7-6-10-4-3-5-11(8-10)18-2/h3-5,8-9H,6-7,14H2,1-2H3,(H,15,17). The first-order chi connectivity index (χ1) is 9.19. The van der Waals surface area contributed by atoms with Crippen molar-refractivity contribution in [3.63, 3.8) is 0 Å². The first kappa shape index (κ1) is 13.4. The highest BCUT2D eigenvalue weighted by Gasteiger charge is 2.08. The van der Waals surface area contributed by atoms with Gasteiger partial charge in [-0.2, -0.15) is 0 Å². The Balaban J connectivity index is 1.85. The van der Waals surface area contributed by atoms with Crippen LogP contribution in [0.15, 0.2) is 28.7 Å². The number of methoxy groups -OCH3 is 1. The third-order valence-electron chi connectivity index (χ3n) is 2.65. The summed E-state index contributed by atoms with van der Waals surface area (Å²) in [5.41, 5.74) is 6.82. The molecule has 0 bridgehead atoms. The van der Waals surface area contributed by atoms with Crippen LogP contribution in [-0.2, 0) is 6.42 Å². The van der Waals surface area contributed by atoms with Crippen LogP contribution in [0.25, 0.3) is 0 Å². The summed E-state index contributed by atoms with van der Waals surface area (Å²) in [6.07, 6.45) is 0.840. The maximum atomic E-state index is 5.64. The molecule has 0 amide bonds. The number of nitrogens with two attached hydrogens (primary N) is 1. The topological polar surface area (TPSA) is 86.2 Å². The average Bonchev–Trinajstić information content (AvgIpc) is 2.88. The number of anilines is 1. The van der Waals surface area contributed by atoms with Gasteiger partial charge in [-0.1, -0.05) is 17.2 Å². The van der Waals surface area contributed by atoms with E-state index in [1.165, 1.54) is 5.56 Å². The molecule has 1 heterocycles. The average molecular weight is 262 g/mol. The van der Waals surface area contributed by atoms with Gasteiger partial charge in [0.05, 0.1) is 13.2 Å². The molecule has 0 saturated carbocycles. The Morgan fingerprint density at radius 2 is 2.26 bits per heavy atom. The molecule has 0 spiro atoms. The van der Waals surface area contributed by atoms with Gasteiger partial charge in [-0.3, -0.25) is 0 Å². The molecule has 0 fully saturated rings. The summed E-state index contributed by atoms with van der Waals surface area (Å²) < 4.78 is 10.5. The van der Waals surface area contributed by atoms with Gasteiger partial charge in [0, 0.05) is 6.54 Å². The van der Waals surface area contributed by atoms with Gasteiger partial charge >= 0.3 is 6.01 Å². The maximum Gasteiger partial charge on any atom is 0.315 e. The van der Waals surface area contributed by atoms with Gasteiger partial charge in [-0.15, -0.1) is 5.10 Å². The van der Waals surface area contributed by atoms with E-state index in [-0.39, 0.29) is 6.04 Å². The molecule has 1 unspecified atom stereocenters. The van der Waals surface area contributed by atoms with Gasteiger partial charge in [0.1, 0.15) is 5.75 Å². The van der Waals surface area contributed by atoms with Crippen molar-refractivity contribution < 1.29 is 9.15 Å². The maximum absolute atomic E-state index is 5.64. The highest BCUT2D eigenvalue weighted by atomic mass is 16.5. The van der Waals surface area contributed by atoms with E-state index in [0.29, 0.717) is 18.5 Å². The fourth-order valence-corrected chi connectivity index (χ4v) is 1.63. The van der Waals surface area contributed by atoms with Gasteiger partial charge in [-0.05, 0) is 31.0 Å². The molecule has 0 aliphatic heterocycles. The smallest absolute Gasteiger partial charge is 0.315 e. The lowest BCUT2D eigenvalue weighted by molar-refractivity contribution is 0.414. The van der Waals surface area contributed by atoms with Gasteiger partial charge in [0.25, 0.3) is 0 Å². The molecule has 1 aromatic heterocycles. The molecule has 1 atom stereocenters. The minimum absolute atomic E-state index is 0.249. The van der Waals surface area contributed by atoms with Crippen molar-refractivity contribution in [2.45, 2.75) is 19.4 Å². The molecule has 19 heavy (non-hydrogen) atoms. The van der Waals surface area contributed by atoms with E-state index in [1.807, 2.05) is 24.3 Å². The van der Waals surface area contributed by atoms with Crippen LogP contribution in [0.1, 0.15) is 24.4 Å². The minimum atomic E-state index is -0.249. The van der Waals surface area contributed by atoms with Crippen molar-refractivity contribution >= 4 is 6.01 Å². The van der Waals surface area contributed by atoms with E-state index < -0.39 is 0 Å². The van der Waals surface area contributed by atoms with E-state index in [1.54, 1.807) is 14.0 Å². The molecule has 0 aliphatic rings. The summed E-state index contributed by atoms with van der Waals surface area (Å²) >= 11 is 0. The summed E-state index contributed by atoms with van der Waals surface area (Å²) in [5.74, 6) is 1.29. The van der Waals surface area contributed by atoms with Crippen LogP contribution < -0.4 is 15.8 Å². The van der Waals surface area contributed by atoms with Crippen LogP contribution >= 0.6 is 0 Å². The fourth-order valence-electron chi connectivity index (χ4n) is 1.63. The number of nitrogens with zero attached hydrogens (tertiary/aromatic N) is 2. The predicted octanol–water partition coefficient (Wildman–Crippen LogP) is 1.75. The number of hydrogen-bond donors (Lipinski definition) is 2. The van der Waals surface area contributed by atoms with Crippen LogP contribution in [0, 0.1) is 0 Å². The molecule has 6 heteroatoms.